The summed E-state index contributed by atoms with van der Waals surface area (Å²) in [4.78, 5) is 27.2. The van der Waals surface area contributed by atoms with Gasteiger partial charge in [0.05, 0.1) is 5.41 Å². The van der Waals surface area contributed by atoms with Crippen LogP contribution in [0, 0.1) is 5.41 Å². The third-order valence-electron chi connectivity index (χ3n) is 4.90. The van der Waals surface area contributed by atoms with Crippen LogP contribution in [0.25, 0.3) is 0 Å². The van der Waals surface area contributed by atoms with Gasteiger partial charge in [0.25, 0.3) is 0 Å². The lowest BCUT2D eigenvalue weighted by molar-refractivity contribution is -0.132. The summed E-state index contributed by atoms with van der Waals surface area (Å²) in [6, 6.07) is 17.1. The third kappa shape index (κ3) is 5.10. The predicted molar refractivity (Wildman–Crippen MR) is 110 cm³/mol. The molecule has 1 heterocycles. The molecule has 2 aromatic carbocycles. The molecule has 3 rings (SSSR count). The van der Waals surface area contributed by atoms with Crippen molar-refractivity contribution >= 4 is 33.6 Å². The van der Waals surface area contributed by atoms with E-state index in [1.165, 1.54) is 0 Å². The van der Waals surface area contributed by atoms with Gasteiger partial charge >= 0.3 is 6.03 Å². The lowest BCUT2D eigenvalue weighted by Gasteiger charge is -2.39. The number of nitrogens with zero attached hydrogens (tertiary/aromatic N) is 1. The smallest absolute Gasteiger partial charge is 0.321 e. The van der Waals surface area contributed by atoms with Crippen LogP contribution in [0.4, 0.5) is 10.5 Å². The van der Waals surface area contributed by atoms with Crippen LogP contribution in [0.1, 0.15) is 25.3 Å². The van der Waals surface area contributed by atoms with E-state index in [1.54, 1.807) is 4.90 Å². The largest absolute Gasteiger partial charge is 0.351 e. The van der Waals surface area contributed by atoms with E-state index in [1.807, 2.05) is 61.5 Å². The van der Waals surface area contributed by atoms with Gasteiger partial charge in [0.2, 0.25) is 5.91 Å². The number of benzene rings is 2. The van der Waals surface area contributed by atoms with Crippen molar-refractivity contribution < 1.29 is 9.59 Å². The van der Waals surface area contributed by atoms with Crippen molar-refractivity contribution in [3.8, 4) is 0 Å². The van der Waals surface area contributed by atoms with E-state index in [-0.39, 0.29) is 11.9 Å². The molecule has 0 aromatic heterocycles. The summed E-state index contributed by atoms with van der Waals surface area (Å²) in [5.41, 5.74) is 1.21. The number of hydrogen-bond acceptors (Lipinski definition) is 2. The highest BCUT2D eigenvalue weighted by Gasteiger charge is 2.39. The highest BCUT2D eigenvalue weighted by atomic mass is 79.9. The van der Waals surface area contributed by atoms with Crippen molar-refractivity contribution in [3.63, 3.8) is 0 Å². The van der Waals surface area contributed by atoms with Crippen molar-refractivity contribution in [2.45, 2.75) is 26.3 Å². The molecule has 0 bridgehead atoms. The Morgan fingerprint density at radius 3 is 2.67 bits per heavy atom. The summed E-state index contributed by atoms with van der Waals surface area (Å²) in [5, 5.41) is 5.93. The summed E-state index contributed by atoms with van der Waals surface area (Å²) in [7, 11) is 0. The SMILES string of the molecule is C[C@@]1(C(=O)NCc2ccccc2)CCCN(C(=O)Nc2cccc(Br)c2)C1. The minimum absolute atomic E-state index is 0.00805. The second-order valence-corrected chi connectivity index (χ2v) is 8.11. The lowest BCUT2D eigenvalue weighted by atomic mass is 9.81. The molecular formula is C21H24BrN3O2. The number of carbonyl (C=O) groups is 2. The number of nitrogens with one attached hydrogen (secondary N) is 2. The molecule has 0 spiro atoms. The monoisotopic (exact) mass is 429 g/mol. The fourth-order valence-electron chi connectivity index (χ4n) is 3.36. The maximum absolute atomic E-state index is 12.8. The van der Waals surface area contributed by atoms with Crippen molar-refractivity contribution in [1.82, 2.24) is 10.2 Å². The molecule has 0 unspecified atom stereocenters. The molecule has 1 atom stereocenters. The van der Waals surface area contributed by atoms with Crippen LogP contribution < -0.4 is 10.6 Å². The Morgan fingerprint density at radius 2 is 1.93 bits per heavy atom. The Morgan fingerprint density at radius 1 is 1.15 bits per heavy atom. The number of urea groups is 1. The molecule has 1 aliphatic heterocycles. The number of hydrogen-bond donors (Lipinski definition) is 2. The average Bonchev–Trinajstić information content (AvgIpc) is 2.67. The van der Waals surface area contributed by atoms with E-state index in [9.17, 15) is 9.59 Å². The normalized spacial score (nSPS) is 19.4. The number of piperidine rings is 1. The molecule has 2 N–H and O–H groups in total. The molecule has 6 heteroatoms. The Kier molecular flexibility index (Phi) is 6.16. The summed E-state index contributed by atoms with van der Waals surface area (Å²) in [5.74, 6) is -0.00805. The second kappa shape index (κ2) is 8.57. The van der Waals surface area contributed by atoms with Crippen LogP contribution >= 0.6 is 15.9 Å². The molecule has 1 fully saturated rings. The molecule has 0 radical (unpaired) electrons. The minimum atomic E-state index is -0.582. The van der Waals surface area contributed by atoms with E-state index in [0.717, 1.165) is 28.6 Å². The first-order valence-corrected chi connectivity index (χ1v) is 9.89. The molecule has 0 aliphatic carbocycles. The van der Waals surface area contributed by atoms with Gasteiger partial charge in [-0.25, -0.2) is 4.79 Å². The van der Waals surface area contributed by atoms with Gasteiger partial charge in [-0.2, -0.15) is 0 Å². The van der Waals surface area contributed by atoms with Gasteiger partial charge < -0.3 is 15.5 Å². The molecular weight excluding hydrogens is 406 g/mol. The van der Waals surface area contributed by atoms with Crippen LogP contribution in [0.5, 0.6) is 0 Å². The Hall–Kier alpha value is -2.34. The van der Waals surface area contributed by atoms with E-state index in [0.29, 0.717) is 19.6 Å². The van der Waals surface area contributed by atoms with E-state index in [4.69, 9.17) is 0 Å². The lowest BCUT2D eigenvalue weighted by Crippen LogP contribution is -2.52. The molecule has 1 saturated heterocycles. The maximum Gasteiger partial charge on any atom is 0.321 e. The molecule has 2 aromatic rings. The molecule has 0 saturated carbocycles. The van der Waals surface area contributed by atoms with Gasteiger partial charge in [-0.05, 0) is 43.5 Å². The molecule has 1 aliphatic rings. The predicted octanol–water partition coefficient (Wildman–Crippen LogP) is 4.40. The Labute approximate surface area is 168 Å². The van der Waals surface area contributed by atoms with Gasteiger partial charge in [-0.3, -0.25) is 4.79 Å². The first kappa shape index (κ1) is 19.4. The first-order chi connectivity index (χ1) is 13.0. The number of carbonyl (C=O) groups excluding carboxylic acids is 2. The summed E-state index contributed by atoms with van der Waals surface area (Å²) >= 11 is 3.40. The Balaban J connectivity index is 1.59. The topological polar surface area (TPSA) is 61.4 Å². The maximum atomic E-state index is 12.8. The number of likely N-dealkylation sites (tertiary alicyclic amines) is 1. The van der Waals surface area contributed by atoms with Gasteiger partial charge in [0, 0.05) is 29.8 Å². The Bertz CT molecular complexity index is 812. The van der Waals surface area contributed by atoms with Crippen LogP contribution in [0.15, 0.2) is 59.1 Å². The third-order valence-corrected chi connectivity index (χ3v) is 5.40. The van der Waals surface area contributed by atoms with Gasteiger partial charge in [0.15, 0.2) is 0 Å². The fraction of sp³-hybridized carbons (Fsp3) is 0.333. The number of amides is 3. The number of anilines is 1. The highest BCUT2D eigenvalue weighted by molar-refractivity contribution is 9.10. The van der Waals surface area contributed by atoms with Crippen molar-refractivity contribution in [3.05, 3.63) is 64.6 Å². The zero-order chi connectivity index (χ0) is 19.3. The highest BCUT2D eigenvalue weighted by Crippen LogP contribution is 2.30. The molecule has 3 amide bonds. The first-order valence-electron chi connectivity index (χ1n) is 9.10. The van der Waals surface area contributed by atoms with Crippen LogP contribution in [0.3, 0.4) is 0 Å². The zero-order valence-corrected chi connectivity index (χ0v) is 17.0. The van der Waals surface area contributed by atoms with Crippen LogP contribution in [-0.2, 0) is 11.3 Å². The van der Waals surface area contributed by atoms with Crippen LogP contribution in [-0.4, -0.2) is 29.9 Å². The quantitative estimate of drug-likeness (QED) is 0.756. The summed E-state index contributed by atoms with van der Waals surface area (Å²) in [6.45, 7) is 3.50. The summed E-state index contributed by atoms with van der Waals surface area (Å²) in [6.07, 6.45) is 1.58. The fourth-order valence-corrected chi connectivity index (χ4v) is 3.76. The number of halogens is 1. The van der Waals surface area contributed by atoms with E-state index >= 15 is 0 Å². The average molecular weight is 430 g/mol. The van der Waals surface area contributed by atoms with Gasteiger partial charge in [-0.15, -0.1) is 0 Å². The van der Waals surface area contributed by atoms with Gasteiger partial charge in [-0.1, -0.05) is 52.3 Å². The van der Waals surface area contributed by atoms with Gasteiger partial charge in [0.1, 0.15) is 0 Å². The molecule has 27 heavy (non-hydrogen) atoms. The second-order valence-electron chi connectivity index (χ2n) is 7.19. The van der Waals surface area contributed by atoms with Crippen molar-refractivity contribution in [1.29, 1.82) is 0 Å². The van der Waals surface area contributed by atoms with E-state index in [2.05, 4.69) is 26.6 Å². The standard InChI is InChI=1S/C21H24BrN3O2/c1-21(19(26)23-14-16-7-3-2-4-8-16)11-6-12-25(15-21)20(27)24-18-10-5-9-17(22)13-18/h2-5,7-10,13H,6,11-12,14-15H2,1H3,(H,23,26)(H,24,27)/t21-/m1/s1. The number of rotatable bonds is 4. The molecule has 142 valence electrons. The molecule has 5 nitrogen and oxygen atoms in total. The van der Waals surface area contributed by atoms with Crippen LogP contribution in [0.2, 0.25) is 0 Å². The summed E-state index contributed by atoms with van der Waals surface area (Å²) < 4.78 is 0.907. The van der Waals surface area contributed by atoms with E-state index < -0.39 is 5.41 Å². The van der Waals surface area contributed by atoms with Crippen molar-refractivity contribution in [2.24, 2.45) is 5.41 Å². The minimum Gasteiger partial charge on any atom is -0.351 e. The zero-order valence-electron chi connectivity index (χ0n) is 15.4. The van der Waals surface area contributed by atoms with Crippen molar-refractivity contribution in [2.75, 3.05) is 18.4 Å².